The van der Waals surface area contributed by atoms with Gasteiger partial charge in [-0.15, -0.1) is 13.2 Å². The lowest BCUT2D eigenvalue weighted by atomic mass is 10.2. The number of hydrogen-bond acceptors (Lipinski definition) is 4. The number of halogens is 3. The zero-order chi connectivity index (χ0) is 19.4. The molecule has 5 nitrogen and oxygen atoms in total. The Bertz CT molecular complexity index is 886. The van der Waals surface area contributed by atoms with Crippen LogP contribution in [0.3, 0.4) is 0 Å². The highest BCUT2D eigenvalue weighted by atomic mass is 19.4. The first-order chi connectivity index (χ1) is 12.9. The third kappa shape index (κ3) is 4.79. The van der Waals surface area contributed by atoms with E-state index >= 15 is 0 Å². The summed E-state index contributed by atoms with van der Waals surface area (Å²) >= 11 is 0. The van der Waals surface area contributed by atoms with Crippen molar-refractivity contribution in [2.24, 2.45) is 0 Å². The van der Waals surface area contributed by atoms with Gasteiger partial charge in [0.2, 0.25) is 0 Å². The fourth-order valence-electron chi connectivity index (χ4n) is 2.56. The van der Waals surface area contributed by atoms with Gasteiger partial charge in [0, 0.05) is 18.1 Å². The number of carbonyl (C=O) groups is 1. The lowest BCUT2D eigenvalue weighted by Gasteiger charge is -2.14. The van der Waals surface area contributed by atoms with Crippen molar-refractivity contribution in [1.82, 2.24) is 5.32 Å². The molecule has 0 spiro atoms. The van der Waals surface area contributed by atoms with Crippen molar-refractivity contribution in [3.8, 4) is 5.75 Å². The summed E-state index contributed by atoms with van der Waals surface area (Å²) in [5, 5.41) is 3.59. The van der Waals surface area contributed by atoms with Crippen LogP contribution >= 0.6 is 0 Å². The molecule has 0 radical (unpaired) electrons. The van der Waals surface area contributed by atoms with E-state index in [2.05, 4.69) is 10.1 Å². The maximum atomic E-state index is 12.2. The van der Waals surface area contributed by atoms with E-state index in [9.17, 15) is 18.0 Å². The van der Waals surface area contributed by atoms with Crippen LogP contribution in [0.2, 0.25) is 0 Å². The first-order valence-electron chi connectivity index (χ1n) is 8.01. The number of benzene rings is 2. The molecule has 0 unspecified atom stereocenters. The molecule has 142 valence electrons. The predicted molar refractivity (Wildman–Crippen MR) is 91.4 cm³/mol. The van der Waals surface area contributed by atoms with Crippen molar-refractivity contribution in [1.29, 1.82) is 0 Å². The van der Waals surface area contributed by atoms with Crippen molar-refractivity contribution in [3.63, 3.8) is 0 Å². The molecule has 0 aliphatic carbocycles. The predicted octanol–water partition coefficient (Wildman–Crippen LogP) is 4.45. The van der Waals surface area contributed by atoms with Crippen LogP contribution in [0.4, 0.5) is 13.2 Å². The zero-order valence-corrected chi connectivity index (χ0v) is 14.2. The maximum Gasteiger partial charge on any atom is 0.573 e. The van der Waals surface area contributed by atoms with Crippen LogP contribution in [-0.2, 0) is 4.74 Å². The summed E-state index contributed by atoms with van der Waals surface area (Å²) in [6.07, 6.45) is -5.28. The van der Waals surface area contributed by atoms with Crippen molar-refractivity contribution in [3.05, 3.63) is 65.9 Å². The Kier molecular flexibility index (Phi) is 5.36. The molecule has 0 bridgehead atoms. The van der Waals surface area contributed by atoms with Crippen molar-refractivity contribution < 1.29 is 31.9 Å². The molecule has 0 fully saturated rings. The Balaban J connectivity index is 1.63. The van der Waals surface area contributed by atoms with Gasteiger partial charge >= 0.3 is 6.36 Å². The zero-order valence-electron chi connectivity index (χ0n) is 14.2. The third-order valence-electron chi connectivity index (χ3n) is 3.84. The van der Waals surface area contributed by atoms with Crippen LogP contribution in [-0.4, -0.2) is 25.9 Å². The molecule has 8 heteroatoms. The summed E-state index contributed by atoms with van der Waals surface area (Å²) in [5.41, 5.74) is 0.908. The maximum absolute atomic E-state index is 12.2. The second-order valence-electron chi connectivity index (χ2n) is 5.69. The van der Waals surface area contributed by atoms with Gasteiger partial charge in [-0.05, 0) is 36.4 Å². The summed E-state index contributed by atoms with van der Waals surface area (Å²) in [6, 6.07) is 14.0. The third-order valence-corrected chi connectivity index (χ3v) is 3.84. The van der Waals surface area contributed by atoms with Crippen LogP contribution in [0.15, 0.2) is 59.0 Å². The summed E-state index contributed by atoms with van der Waals surface area (Å²) in [6.45, 7) is 0.135. The topological polar surface area (TPSA) is 60.7 Å². The summed E-state index contributed by atoms with van der Waals surface area (Å²) in [7, 11) is 1.49. The van der Waals surface area contributed by atoms with Crippen molar-refractivity contribution in [2.45, 2.75) is 12.5 Å². The molecule has 1 aromatic heterocycles. The summed E-state index contributed by atoms with van der Waals surface area (Å²) < 4.78 is 51.4. The number of ether oxygens (including phenoxy) is 2. The monoisotopic (exact) mass is 379 g/mol. The molecule has 0 saturated heterocycles. The number of furan rings is 1. The van der Waals surface area contributed by atoms with Crippen molar-refractivity contribution >= 4 is 16.9 Å². The van der Waals surface area contributed by atoms with Gasteiger partial charge in [0.05, 0.1) is 6.54 Å². The molecule has 0 aliphatic rings. The van der Waals surface area contributed by atoms with E-state index < -0.39 is 24.1 Å². The van der Waals surface area contributed by atoms with Gasteiger partial charge in [-0.2, -0.15) is 0 Å². The minimum absolute atomic E-state index is 0.135. The number of nitrogens with one attached hydrogen (secondary N) is 1. The number of carbonyl (C=O) groups excluding carboxylic acids is 1. The van der Waals surface area contributed by atoms with Crippen LogP contribution in [0.5, 0.6) is 5.75 Å². The first kappa shape index (κ1) is 18.8. The van der Waals surface area contributed by atoms with Gasteiger partial charge in [0.15, 0.2) is 0 Å². The molecule has 2 aromatic carbocycles. The van der Waals surface area contributed by atoms with Crippen LogP contribution in [0.25, 0.3) is 11.0 Å². The van der Waals surface area contributed by atoms with Gasteiger partial charge in [0.25, 0.3) is 5.91 Å². The average Bonchev–Trinajstić information content (AvgIpc) is 3.05. The molecule has 1 N–H and O–H groups in total. The largest absolute Gasteiger partial charge is 0.573 e. The van der Waals surface area contributed by atoms with E-state index in [-0.39, 0.29) is 12.1 Å². The van der Waals surface area contributed by atoms with E-state index in [1.807, 2.05) is 30.3 Å². The van der Waals surface area contributed by atoms with Gasteiger partial charge in [-0.3, -0.25) is 4.79 Å². The Labute approximate surface area is 152 Å². The molecule has 1 amide bonds. The van der Waals surface area contributed by atoms with Crippen LogP contribution in [0.1, 0.15) is 22.2 Å². The van der Waals surface area contributed by atoms with Gasteiger partial charge in [-0.25, -0.2) is 0 Å². The second kappa shape index (κ2) is 7.71. The Hall–Kier alpha value is -3.00. The molecule has 27 heavy (non-hydrogen) atoms. The van der Waals surface area contributed by atoms with E-state index in [0.29, 0.717) is 11.3 Å². The molecular formula is C19H16F3NO4. The number of amides is 1. The number of hydrogen-bond donors (Lipinski definition) is 1. The van der Waals surface area contributed by atoms with Gasteiger partial charge < -0.3 is 19.2 Å². The summed E-state index contributed by atoms with van der Waals surface area (Å²) in [5.74, 6) is -0.282. The number of methoxy groups -OCH3 is 1. The molecule has 3 aromatic rings. The Morgan fingerprint density at radius 3 is 2.48 bits per heavy atom. The normalized spacial score (nSPS) is 12.7. The van der Waals surface area contributed by atoms with Crippen LogP contribution < -0.4 is 10.1 Å². The molecule has 1 heterocycles. The van der Waals surface area contributed by atoms with E-state index in [1.165, 1.54) is 19.2 Å². The first-order valence-corrected chi connectivity index (χ1v) is 8.01. The minimum atomic E-state index is -4.78. The fourth-order valence-corrected chi connectivity index (χ4v) is 2.56. The highest BCUT2D eigenvalue weighted by molar-refractivity contribution is 5.94. The van der Waals surface area contributed by atoms with E-state index in [4.69, 9.17) is 9.15 Å². The summed E-state index contributed by atoms with van der Waals surface area (Å²) in [4.78, 5) is 12.2. The number of para-hydroxylation sites is 1. The lowest BCUT2D eigenvalue weighted by Crippen LogP contribution is -2.29. The minimum Gasteiger partial charge on any atom is -0.458 e. The lowest BCUT2D eigenvalue weighted by molar-refractivity contribution is -0.274. The average molecular weight is 379 g/mol. The fraction of sp³-hybridized carbons (Fsp3) is 0.211. The molecular weight excluding hydrogens is 363 g/mol. The number of alkyl halides is 3. The highest BCUT2D eigenvalue weighted by Crippen LogP contribution is 2.26. The number of fused-ring (bicyclic) bond motifs is 1. The quantitative estimate of drug-likeness (QED) is 0.688. The molecule has 1 atom stereocenters. The second-order valence-corrected chi connectivity index (χ2v) is 5.69. The standard InChI is InChI=1S/C19H16F3NO4/c1-25-17(16-10-13-4-2-3-5-15(13)26-16)11-23-18(24)12-6-8-14(9-7-12)27-19(20,21)22/h2-10,17H,11H2,1H3,(H,23,24)/t17-/m1/s1. The van der Waals surface area contributed by atoms with Gasteiger partial charge in [-0.1, -0.05) is 18.2 Å². The smallest absolute Gasteiger partial charge is 0.458 e. The van der Waals surface area contributed by atoms with Crippen LogP contribution in [0, 0.1) is 0 Å². The van der Waals surface area contributed by atoms with E-state index in [0.717, 1.165) is 17.5 Å². The van der Waals surface area contributed by atoms with Gasteiger partial charge in [0.1, 0.15) is 23.2 Å². The van der Waals surface area contributed by atoms with Crippen molar-refractivity contribution in [2.75, 3.05) is 13.7 Å². The Morgan fingerprint density at radius 2 is 1.85 bits per heavy atom. The molecule has 3 rings (SSSR count). The van der Waals surface area contributed by atoms with E-state index in [1.54, 1.807) is 0 Å². The molecule has 0 saturated carbocycles. The highest BCUT2D eigenvalue weighted by Gasteiger charge is 2.31. The SMILES string of the molecule is CO[C@H](CNC(=O)c1ccc(OC(F)(F)F)cc1)c1cc2ccccc2o1. The molecule has 0 aliphatic heterocycles. The Morgan fingerprint density at radius 1 is 1.15 bits per heavy atom. The number of rotatable bonds is 6.